The summed E-state index contributed by atoms with van der Waals surface area (Å²) in [5, 5.41) is 0. The Balaban J connectivity index is 2.08. The minimum Gasteiger partial charge on any atom is -0.484 e. The molecule has 0 aromatic heterocycles. The van der Waals surface area contributed by atoms with Crippen LogP contribution in [-0.2, 0) is 20.7 Å². The molecule has 0 radical (unpaired) electrons. The zero-order valence-electron chi connectivity index (χ0n) is 16.2. The first-order valence-electron chi connectivity index (χ1n) is 9.18. The zero-order valence-corrected chi connectivity index (χ0v) is 16.2. The maximum atomic E-state index is 12.8. The van der Waals surface area contributed by atoms with Crippen molar-refractivity contribution in [1.82, 2.24) is 4.90 Å². The van der Waals surface area contributed by atoms with E-state index in [1.54, 1.807) is 4.90 Å². The first-order valence-corrected chi connectivity index (χ1v) is 9.18. The van der Waals surface area contributed by atoms with Gasteiger partial charge < -0.3 is 14.4 Å². The Labute approximate surface area is 160 Å². The standard InChI is InChI=1S/C22H27NO4/c1-4-18-9-8-12-20(15-18)27-16-21(24)23(14-13-22(25)26-3)17(2)19-10-6-5-7-11-19/h5-12,15,17H,4,13-14,16H2,1-3H3. The number of ether oxygens (including phenoxy) is 2. The Hall–Kier alpha value is -2.82. The minimum atomic E-state index is -0.343. The number of rotatable bonds is 9. The number of carbonyl (C=O) groups is 2. The highest BCUT2D eigenvalue weighted by molar-refractivity contribution is 5.79. The van der Waals surface area contributed by atoms with Crippen LogP contribution in [0.2, 0.25) is 0 Å². The van der Waals surface area contributed by atoms with E-state index in [1.165, 1.54) is 7.11 Å². The van der Waals surface area contributed by atoms with Crippen LogP contribution in [0.3, 0.4) is 0 Å². The smallest absolute Gasteiger partial charge is 0.307 e. The lowest BCUT2D eigenvalue weighted by Gasteiger charge is -2.29. The molecular formula is C22H27NO4. The Morgan fingerprint density at radius 3 is 2.48 bits per heavy atom. The van der Waals surface area contributed by atoms with Gasteiger partial charge in [0.1, 0.15) is 5.75 Å². The fraction of sp³-hybridized carbons (Fsp3) is 0.364. The molecule has 2 aromatic rings. The van der Waals surface area contributed by atoms with Gasteiger partial charge in [-0.15, -0.1) is 0 Å². The SMILES string of the molecule is CCc1cccc(OCC(=O)N(CCC(=O)OC)C(C)c2ccccc2)c1. The van der Waals surface area contributed by atoms with Crippen LogP contribution in [-0.4, -0.2) is 37.0 Å². The molecule has 0 aliphatic heterocycles. The predicted octanol–water partition coefficient (Wildman–Crippen LogP) is 3.78. The molecule has 0 aliphatic carbocycles. The van der Waals surface area contributed by atoms with Crippen molar-refractivity contribution < 1.29 is 19.1 Å². The van der Waals surface area contributed by atoms with Gasteiger partial charge in [0.2, 0.25) is 0 Å². The number of nitrogens with zero attached hydrogens (tertiary/aromatic N) is 1. The molecule has 0 aliphatic rings. The number of methoxy groups -OCH3 is 1. The average molecular weight is 369 g/mol. The molecule has 2 aromatic carbocycles. The van der Waals surface area contributed by atoms with E-state index in [9.17, 15) is 9.59 Å². The molecular weight excluding hydrogens is 342 g/mol. The third-order valence-corrected chi connectivity index (χ3v) is 4.52. The summed E-state index contributed by atoms with van der Waals surface area (Å²) in [4.78, 5) is 26.1. The molecule has 0 saturated carbocycles. The first-order chi connectivity index (χ1) is 13.0. The van der Waals surface area contributed by atoms with Crippen LogP contribution in [0.25, 0.3) is 0 Å². The van der Waals surface area contributed by atoms with E-state index < -0.39 is 0 Å². The van der Waals surface area contributed by atoms with Crippen LogP contribution in [0.15, 0.2) is 54.6 Å². The highest BCUT2D eigenvalue weighted by Crippen LogP contribution is 2.21. The Morgan fingerprint density at radius 1 is 1.07 bits per heavy atom. The molecule has 27 heavy (non-hydrogen) atoms. The van der Waals surface area contributed by atoms with Gasteiger partial charge >= 0.3 is 5.97 Å². The molecule has 2 rings (SSSR count). The van der Waals surface area contributed by atoms with E-state index in [0.717, 1.165) is 17.5 Å². The summed E-state index contributed by atoms with van der Waals surface area (Å²) in [6, 6.07) is 17.3. The van der Waals surface area contributed by atoms with Crippen LogP contribution in [0.5, 0.6) is 5.75 Å². The number of aryl methyl sites for hydroxylation is 1. The number of hydrogen-bond acceptors (Lipinski definition) is 4. The number of benzene rings is 2. The Morgan fingerprint density at radius 2 is 1.81 bits per heavy atom. The van der Waals surface area contributed by atoms with Crippen molar-refractivity contribution in [1.29, 1.82) is 0 Å². The molecule has 1 atom stereocenters. The van der Waals surface area contributed by atoms with Crippen LogP contribution >= 0.6 is 0 Å². The third kappa shape index (κ3) is 6.13. The molecule has 0 saturated heterocycles. The lowest BCUT2D eigenvalue weighted by atomic mass is 10.1. The van der Waals surface area contributed by atoms with Crippen LogP contribution < -0.4 is 4.74 Å². The largest absolute Gasteiger partial charge is 0.484 e. The van der Waals surface area contributed by atoms with E-state index in [4.69, 9.17) is 9.47 Å². The van der Waals surface area contributed by atoms with Gasteiger partial charge in [0.05, 0.1) is 19.6 Å². The highest BCUT2D eigenvalue weighted by Gasteiger charge is 2.23. The summed E-state index contributed by atoms with van der Waals surface area (Å²) in [7, 11) is 1.35. The van der Waals surface area contributed by atoms with E-state index in [0.29, 0.717) is 5.75 Å². The quantitative estimate of drug-likeness (QED) is 0.631. The number of amides is 1. The van der Waals surface area contributed by atoms with Crippen molar-refractivity contribution >= 4 is 11.9 Å². The fourth-order valence-electron chi connectivity index (χ4n) is 2.84. The van der Waals surface area contributed by atoms with Crippen molar-refractivity contribution in [2.45, 2.75) is 32.7 Å². The normalized spacial score (nSPS) is 11.5. The van der Waals surface area contributed by atoms with Crippen LogP contribution in [0.1, 0.15) is 37.4 Å². The second-order valence-corrected chi connectivity index (χ2v) is 6.29. The molecule has 5 nitrogen and oxygen atoms in total. The maximum absolute atomic E-state index is 12.8. The molecule has 0 N–H and O–H groups in total. The van der Waals surface area contributed by atoms with E-state index in [1.807, 2.05) is 61.5 Å². The number of esters is 1. The summed E-state index contributed by atoms with van der Waals surface area (Å²) in [6.07, 6.45) is 1.05. The van der Waals surface area contributed by atoms with Crippen LogP contribution in [0, 0.1) is 0 Å². The molecule has 0 fully saturated rings. The summed E-state index contributed by atoms with van der Waals surface area (Å²) >= 11 is 0. The van der Waals surface area contributed by atoms with E-state index >= 15 is 0 Å². The molecule has 5 heteroatoms. The van der Waals surface area contributed by atoms with Gasteiger partial charge in [-0.3, -0.25) is 9.59 Å². The maximum Gasteiger partial charge on any atom is 0.307 e. The molecule has 1 unspecified atom stereocenters. The third-order valence-electron chi connectivity index (χ3n) is 4.52. The number of hydrogen-bond donors (Lipinski definition) is 0. The van der Waals surface area contributed by atoms with Crippen LogP contribution in [0.4, 0.5) is 0 Å². The first kappa shape index (κ1) is 20.5. The van der Waals surface area contributed by atoms with Crippen molar-refractivity contribution in [2.75, 3.05) is 20.3 Å². The predicted molar refractivity (Wildman–Crippen MR) is 105 cm³/mol. The van der Waals surface area contributed by atoms with Crippen molar-refractivity contribution in [3.05, 3.63) is 65.7 Å². The van der Waals surface area contributed by atoms with Crippen molar-refractivity contribution in [3.63, 3.8) is 0 Å². The molecule has 1 amide bonds. The lowest BCUT2D eigenvalue weighted by Crippen LogP contribution is -2.38. The molecule has 144 valence electrons. The second kappa shape index (κ2) is 10.4. The van der Waals surface area contributed by atoms with Gasteiger partial charge in [-0.25, -0.2) is 0 Å². The monoisotopic (exact) mass is 369 g/mol. The van der Waals surface area contributed by atoms with Crippen molar-refractivity contribution in [2.24, 2.45) is 0 Å². The fourth-order valence-corrected chi connectivity index (χ4v) is 2.84. The zero-order chi connectivity index (χ0) is 19.6. The summed E-state index contributed by atoms with van der Waals surface area (Å²) in [6.45, 7) is 4.22. The molecule has 0 spiro atoms. The van der Waals surface area contributed by atoms with Gasteiger partial charge in [-0.05, 0) is 36.6 Å². The van der Waals surface area contributed by atoms with E-state index in [-0.39, 0.29) is 37.5 Å². The molecule has 0 heterocycles. The summed E-state index contributed by atoms with van der Waals surface area (Å²) < 4.78 is 10.4. The Bertz CT molecular complexity index is 745. The number of carbonyl (C=O) groups excluding carboxylic acids is 2. The van der Waals surface area contributed by atoms with Gasteiger partial charge in [-0.1, -0.05) is 49.4 Å². The molecule has 0 bridgehead atoms. The second-order valence-electron chi connectivity index (χ2n) is 6.29. The van der Waals surface area contributed by atoms with E-state index in [2.05, 4.69) is 6.92 Å². The summed E-state index contributed by atoms with van der Waals surface area (Å²) in [5.41, 5.74) is 2.16. The lowest BCUT2D eigenvalue weighted by molar-refractivity contribution is -0.142. The minimum absolute atomic E-state index is 0.0779. The summed E-state index contributed by atoms with van der Waals surface area (Å²) in [5.74, 6) is 0.157. The topological polar surface area (TPSA) is 55.8 Å². The highest BCUT2D eigenvalue weighted by atomic mass is 16.5. The van der Waals surface area contributed by atoms with Gasteiger partial charge in [-0.2, -0.15) is 0 Å². The average Bonchev–Trinajstić information content (AvgIpc) is 2.72. The van der Waals surface area contributed by atoms with Gasteiger partial charge in [0.15, 0.2) is 6.61 Å². The van der Waals surface area contributed by atoms with Gasteiger partial charge in [0.25, 0.3) is 5.91 Å². The Kier molecular flexibility index (Phi) is 7.86. The van der Waals surface area contributed by atoms with Gasteiger partial charge in [0, 0.05) is 6.54 Å². The van der Waals surface area contributed by atoms with Crippen molar-refractivity contribution in [3.8, 4) is 5.75 Å².